The molecular formula is C17H21N3O3. The molecule has 2 heterocycles. The molecular weight excluding hydrogens is 294 g/mol. The van der Waals surface area contributed by atoms with Crippen molar-refractivity contribution in [2.45, 2.75) is 19.5 Å². The van der Waals surface area contributed by atoms with Gasteiger partial charge in [-0.05, 0) is 29.3 Å². The van der Waals surface area contributed by atoms with Gasteiger partial charge in [-0.3, -0.25) is 0 Å². The lowest BCUT2D eigenvalue weighted by atomic mass is 10.1. The van der Waals surface area contributed by atoms with E-state index in [0.717, 1.165) is 18.5 Å². The van der Waals surface area contributed by atoms with E-state index in [9.17, 15) is 4.79 Å². The number of hydrogen-bond donors (Lipinski definition) is 2. The van der Waals surface area contributed by atoms with Crippen LogP contribution in [0.3, 0.4) is 0 Å². The van der Waals surface area contributed by atoms with Crippen LogP contribution in [0.15, 0.2) is 30.5 Å². The van der Waals surface area contributed by atoms with Gasteiger partial charge in [-0.15, -0.1) is 0 Å². The molecule has 1 aliphatic heterocycles. The molecule has 0 saturated heterocycles. The zero-order chi connectivity index (χ0) is 16.2. The Labute approximate surface area is 135 Å². The molecule has 0 unspecified atom stereocenters. The van der Waals surface area contributed by atoms with Crippen LogP contribution in [-0.2, 0) is 19.5 Å². The number of amides is 2. The van der Waals surface area contributed by atoms with Gasteiger partial charge in [0.2, 0.25) is 0 Å². The number of H-pyrrole nitrogens is 1. The molecule has 122 valence electrons. The number of nitrogens with one attached hydrogen (secondary N) is 2. The second kappa shape index (κ2) is 6.64. The molecule has 6 heteroatoms. The molecule has 3 rings (SSSR count). The SMILES string of the molecule is COc1ccc(CNC(=O)N2CCc3[nH]ccc3C2)cc1OC. The number of fused-ring (bicyclic) bond motifs is 1. The van der Waals surface area contributed by atoms with Crippen LogP contribution in [0, 0.1) is 0 Å². The number of hydrogen-bond acceptors (Lipinski definition) is 3. The van der Waals surface area contributed by atoms with Gasteiger partial charge in [0.15, 0.2) is 11.5 Å². The molecule has 1 aliphatic rings. The van der Waals surface area contributed by atoms with Gasteiger partial charge in [0, 0.05) is 37.9 Å². The first-order valence-electron chi connectivity index (χ1n) is 7.60. The molecule has 6 nitrogen and oxygen atoms in total. The largest absolute Gasteiger partial charge is 0.493 e. The monoisotopic (exact) mass is 315 g/mol. The van der Waals surface area contributed by atoms with Crippen molar-refractivity contribution in [1.29, 1.82) is 0 Å². The van der Waals surface area contributed by atoms with Crippen molar-refractivity contribution in [3.05, 3.63) is 47.3 Å². The van der Waals surface area contributed by atoms with Gasteiger partial charge in [0.25, 0.3) is 0 Å². The Morgan fingerprint density at radius 1 is 1.26 bits per heavy atom. The van der Waals surface area contributed by atoms with E-state index in [2.05, 4.69) is 10.3 Å². The van der Waals surface area contributed by atoms with Crippen molar-refractivity contribution in [2.24, 2.45) is 0 Å². The summed E-state index contributed by atoms with van der Waals surface area (Å²) in [6, 6.07) is 7.62. The Morgan fingerprint density at radius 2 is 2.09 bits per heavy atom. The summed E-state index contributed by atoms with van der Waals surface area (Å²) in [5.41, 5.74) is 3.39. The van der Waals surface area contributed by atoms with Crippen LogP contribution >= 0.6 is 0 Å². The maximum Gasteiger partial charge on any atom is 0.317 e. The Hall–Kier alpha value is -2.63. The molecule has 0 aliphatic carbocycles. The molecule has 0 bridgehead atoms. The Morgan fingerprint density at radius 3 is 2.87 bits per heavy atom. The second-order valence-corrected chi connectivity index (χ2v) is 5.50. The third-order valence-electron chi connectivity index (χ3n) is 4.10. The fraction of sp³-hybridized carbons (Fsp3) is 0.353. The predicted molar refractivity (Wildman–Crippen MR) is 86.7 cm³/mol. The second-order valence-electron chi connectivity index (χ2n) is 5.50. The first-order chi connectivity index (χ1) is 11.2. The maximum absolute atomic E-state index is 12.3. The van der Waals surface area contributed by atoms with Crippen LogP contribution in [-0.4, -0.2) is 36.7 Å². The Balaban J connectivity index is 1.59. The van der Waals surface area contributed by atoms with E-state index < -0.39 is 0 Å². The van der Waals surface area contributed by atoms with Crippen molar-refractivity contribution >= 4 is 6.03 Å². The average Bonchev–Trinajstić information content (AvgIpc) is 3.06. The minimum absolute atomic E-state index is 0.0494. The summed E-state index contributed by atoms with van der Waals surface area (Å²) in [7, 11) is 3.20. The van der Waals surface area contributed by atoms with Crippen LogP contribution in [0.1, 0.15) is 16.8 Å². The molecule has 2 amide bonds. The molecule has 1 aromatic heterocycles. The summed E-state index contributed by atoms with van der Waals surface area (Å²) in [6.45, 7) is 1.83. The van der Waals surface area contributed by atoms with Crippen molar-refractivity contribution in [3.8, 4) is 11.5 Å². The summed E-state index contributed by atoms with van der Waals surface area (Å²) in [4.78, 5) is 17.4. The third kappa shape index (κ3) is 3.26. The van der Waals surface area contributed by atoms with Crippen LogP contribution < -0.4 is 14.8 Å². The summed E-state index contributed by atoms with van der Waals surface area (Å²) < 4.78 is 10.5. The van der Waals surface area contributed by atoms with E-state index >= 15 is 0 Å². The van der Waals surface area contributed by atoms with Crippen molar-refractivity contribution in [3.63, 3.8) is 0 Å². The summed E-state index contributed by atoms with van der Waals surface area (Å²) in [6.07, 6.45) is 2.79. The lowest BCUT2D eigenvalue weighted by Gasteiger charge is -2.27. The molecule has 2 N–H and O–H groups in total. The first-order valence-corrected chi connectivity index (χ1v) is 7.60. The van der Waals surface area contributed by atoms with Gasteiger partial charge in [0.05, 0.1) is 14.2 Å². The number of carbonyl (C=O) groups excluding carboxylic acids is 1. The van der Waals surface area contributed by atoms with Gasteiger partial charge in [-0.1, -0.05) is 6.07 Å². The number of aromatic amines is 1. The summed E-state index contributed by atoms with van der Waals surface area (Å²) in [5.74, 6) is 1.34. The topological polar surface area (TPSA) is 66.6 Å². The molecule has 0 atom stereocenters. The standard InChI is InChI=1S/C17H21N3O3/c1-22-15-4-3-12(9-16(15)23-2)10-19-17(21)20-8-6-14-13(11-20)5-7-18-14/h3-5,7,9,18H,6,8,10-11H2,1-2H3,(H,19,21). The van der Waals surface area contributed by atoms with Gasteiger partial charge in [-0.25, -0.2) is 4.79 Å². The normalized spacial score (nSPS) is 13.4. The zero-order valence-electron chi connectivity index (χ0n) is 13.4. The van der Waals surface area contributed by atoms with Crippen molar-refractivity contribution < 1.29 is 14.3 Å². The van der Waals surface area contributed by atoms with E-state index in [1.54, 1.807) is 14.2 Å². The van der Waals surface area contributed by atoms with Gasteiger partial charge < -0.3 is 24.7 Å². The maximum atomic E-state index is 12.3. The number of methoxy groups -OCH3 is 2. The number of urea groups is 1. The fourth-order valence-corrected chi connectivity index (χ4v) is 2.80. The fourth-order valence-electron chi connectivity index (χ4n) is 2.80. The van der Waals surface area contributed by atoms with E-state index in [1.807, 2.05) is 35.4 Å². The molecule has 2 aromatic rings. The van der Waals surface area contributed by atoms with Crippen LogP contribution in [0.5, 0.6) is 11.5 Å². The third-order valence-corrected chi connectivity index (χ3v) is 4.10. The van der Waals surface area contributed by atoms with E-state index in [-0.39, 0.29) is 6.03 Å². The highest BCUT2D eigenvalue weighted by Crippen LogP contribution is 2.27. The van der Waals surface area contributed by atoms with Crippen LogP contribution in [0.25, 0.3) is 0 Å². The zero-order valence-corrected chi connectivity index (χ0v) is 13.4. The minimum atomic E-state index is -0.0494. The van der Waals surface area contributed by atoms with E-state index in [0.29, 0.717) is 24.6 Å². The lowest BCUT2D eigenvalue weighted by molar-refractivity contribution is 0.191. The van der Waals surface area contributed by atoms with E-state index in [4.69, 9.17) is 9.47 Å². The number of aromatic nitrogens is 1. The lowest BCUT2D eigenvalue weighted by Crippen LogP contribution is -2.42. The predicted octanol–water partition coefficient (Wildman–Crippen LogP) is 2.30. The first kappa shape index (κ1) is 15.3. The highest BCUT2D eigenvalue weighted by atomic mass is 16.5. The molecule has 23 heavy (non-hydrogen) atoms. The number of nitrogens with zero attached hydrogens (tertiary/aromatic N) is 1. The van der Waals surface area contributed by atoms with Gasteiger partial charge in [0.1, 0.15) is 0 Å². The van der Waals surface area contributed by atoms with Crippen molar-refractivity contribution in [2.75, 3.05) is 20.8 Å². The highest BCUT2D eigenvalue weighted by Gasteiger charge is 2.21. The average molecular weight is 315 g/mol. The van der Waals surface area contributed by atoms with Crippen LogP contribution in [0.4, 0.5) is 4.79 Å². The van der Waals surface area contributed by atoms with Crippen molar-refractivity contribution in [1.82, 2.24) is 15.2 Å². The molecule has 0 fully saturated rings. The smallest absolute Gasteiger partial charge is 0.317 e. The quantitative estimate of drug-likeness (QED) is 0.910. The molecule has 0 spiro atoms. The molecule has 0 saturated carbocycles. The number of ether oxygens (including phenoxy) is 2. The summed E-state index contributed by atoms with van der Waals surface area (Å²) >= 11 is 0. The Kier molecular flexibility index (Phi) is 4.41. The molecule has 1 aromatic carbocycles. The molecule has 0 radical (unpaired) electrons. The van der Waals surface area contributed by atoms with Gasteiger partial charge in [-0.2, -0.15) is 0 Å². The highest BCUT2D eigenvalue weighted by molar-refractivity contribution is 5.74. The Bertz CT molecular complexity index is 696. The number of carbonyl (C=O) groups is 1. The van der Waals surface area contributed by atoms with Gasteiger partial charge >= 0.3 is 6.03 Å². The van der Waals surface area contributed by atoms with Crippen LogP contribution in [0.2, 0.25) is 0 Å². The number of benzene rings is 1. The number of rotatable bonds is 4. The minimum Gasteiger partial charge on any atom is -0.493 e. The summed E-state index contributed by atoms with van der Waals surface area (Å²) in [5, 5.41) is 2.96. The van der Waals surface area contributed by atoms with E-state index in [1.165, 1.54) is 11.3 Å².